The van der Waals surface area contributed by atoms with Crippen molar-refractivity contribution in [3.05, 3.63) is 47.8 Å². The number of aromatic nitrogens is 3. The average Bonchev–Trinajstić information content (AvgIpc) is 3.29. The summed E-state index contributed by atoms with van der Waals surface area (Å²) in [4.78, 5) is 30.0. The highest BCUT2D eigenvalue weighted by Gasteiger charge is 2.42. The van der Waals surface area contributed by atoms with Gasteiger partial charge >= 0.3 is 0 Å². The second-order valence-electron chi connectivity index (χ2n) is 8.00. The number of primary amides is 1. The van der Waals surface area contributed by atoms with Gasteiger partial charge in [-0.1, -0.05) is 24.0 Å². The van der Waals surface area contributed by atoms with Crippen molar-refractivity contribution in [2.24, 2.45) is 5.73 Å². The van der Waals surface area contributed by atoms with Gasteiger partial charge in [0, 0.05) is 42.6 Å². The average molecular weight is 417 g/mol. The molecule has 3 aromatic rings. The molecule has 8 nitrogen and oxygen atoms in total. The molecule has 0 aliphatic carbocycles. The lowest BCUT2D eigenvalue weighted by molar-refractivity contribution is -0.137. The number of carbonyl (C=O) groups excluding carboxylic acids is 2. The minimum absolute atomic E-state index is 0.0912. The van der Waals surface area contributed by atoms with Crippen LogP contribution in [0.15, 0.2) is 36.5 Å². The zero-order chi connectivity index (χ0) is 22.3. The minimum Gasteiger partial charge on any atom is -0.369 e. The van der Waals surface area contributed by atoms with Gasteiger partial charge in [0.1, 0.15) is 5.69 Å². The number of hydrogen-bond acceptors (Lipinski definition) is 5. The van der Waals surface area contributed by atoms with Crippen molar-refractivity contribution in [1.29, 1.82) is 0 Å². The highest BCUT2D eigenvalue weighted by molar-refractivity contribution is 5.99. The van der Waals surface area contributed by atoms with Gasteiger partial charge in [-0.2, -0.15) is 5.10 Å². The van der Waals surface area contributed by atoms with Crippen LogP contribution >= 0.6 is 0 Å². The van der Waals surface area contributed by atoms with Crippen LogP contribution in [0, 0.1) is 11.8 Å². The number of likely N-dealkylation sites (N-methyl/N-ethyl adjacent to an activating group) is 1. The van der Waals surface area contributed by atoms with Gasteiger partial charge in [0.05, 0.1) is 17.4 Å². The molecule has 1 aliphatic heterocycles. The van der Waals surface area contributed by atoms with E-state index in [2.05, 4.69) is 21.9 Å². The molecule has 0 saturated carbocycles. The predicted octanol–water partition coefficient (Wildman–Crippen LogP) is 1.72. The number of hydrogen-bond donors (Lipinski definition) is 2. The molecule has 2 aromatic heterocycles. The van der Waals surface area contributed by atoms with Gasteiger partial charge in [0.25, 0.3) is 11.8 Å². The Morgan fingerprint density at radius 2 is 2.10 bits per heavy atom. The van der Waals surface area contributed by atoms with Gasteiger partial charge < -0.3 is 15.7 Å². The number of pyridine rings is 1. The van der Waals surface area contributed by atoms with E-state index in [4.69, 9.17) is 5.73 Å². The first-order valence-electron chi connectivity index (χ1n) is 9.99. The van der Waals surface area contributed by atoms with Crippen LogP contribution in [0.4, 0.5) is 0 Å². The van der Waals surface area contributed by atoms with E-state index >= 15 is 0 Å². The van der Waals surface area contributed by atoms with Crippen molar-refractivity contribution in [1.82, 2.24) is 19.7 Å². The molecule has 0 bridgehead atoms. The zero-order valence-electron chi connectivity index (χ0n) is 17.6. The van der Waals surface area contributed by atoms with E-state index in [9.17, 15) is 14.7 Å². The Bertz CT molecular complexity index is 1270. The van der Waals surface area contributed by atoms with Crippen LogP contribution in [0.1, 0.15) is 42.4 Å². The molecule has 158 valence electrons. The van der Waals surface area contributed by atoms with Crippen molar-refractivity contribution in [2.75, 3.05) is 13.6 Å². The van der Waals surface area contributed by atoms with E-state index in [-0.39, 0.29) is 18.2 Å². The van der Waals surface area contributed by atoms with Crippen LogP contribution in [0.2, 0.25) is 0 Å². The van der Waals surface area contributed by atoms with E-state index < -0.39 is 17.4 Å². The maximum absolute atomic E-state index is 12.2. The van der Waals surface area contributed by atoms with Gasteiger partial charge in [-0.3, -0.25) is 14.3 Å². The number of rotatable bonds is 3. The monoisotopic (exact) mass is 417 g/mol. The first kappa shape index (κ1) is 20.6. The number of likely N-dealkylation sites (tertiary alicyclic amines) is 1. The Morgan fingerprint density at radius 1 is 1.32 bits per heavy atom. The van der Waals surface area contributed by atoms with Crippen molar-refractivity contribution >= 4 is 22.7 Å². The smallest absolute Gasteiger partial charge is 0.267 e. The van der Waals surface area contributed by atoms with Gasteiger partial charge in [-0.25, -0.2) is 4.98 Å². The van der Waals surface area contributed by atoms with Crippen LogP contribution in [-0.2, 0) is 4.79 Å². The van der Waals surface area contributed by atoms with Crippen LogP contribution in [0.25, 0.3) is 22.2 Å². The summed E-state index contributed by atoms with van der Waals surface area (Å²) in [6.07, 6.45) is 1.99. The summed E-state index contributed by atoms with van der Waals surface area (Å²) >= 11 is 0. The fourth-order valence-corrected chi connectivity index (χ4v) is 3.69. The number of aliphatic hydroxyl groups is 1. The Labute approximate surface area is 179 Å². The first-order chi connectivity index (χ1) is 14.7. The summed E-state index contributed by atoms with van der Waals surface area (Å²) in [5.41, 5.74) is 6.67. The molecule has 31 heavy (non-hydrogen) atoms. The number of benzene rings is 1. The summed E-state index contributed by atoms with van der Waals surface area (Å²) in [5.74, 6) is 4.61. The van der Waals surface area contributed by atoms with Crippen LogP contribution in [0.3, 0.4) is 0 Å². The Morgan fingerprint density at radius 3 is 2.74 bits per heavy atom. The lowest BCUT2D eigenvalue weighted by Crippen LogP contribution is -2.37. The minimum atomic E-state index is -1.67. The SMILES string of the molecule is CC(C)n1ncc2c(-c3cccc(C#CC4(O)CCN(C)C4=O)c3)nc(C(N)=O)cc21. The Kier molecular flexibility index (Phi) is 4.99. The molecule has 4 rings (SSSR count). The third-order valence-corrected chi connectivity index (χ3v) is 5.40. The van der Waals surface area contributed by atoms with Crippen LogP contribution < -0.4 is 5.73 Å². The van der Waals surface area contributed by atoms with Gasteiger partial charge in [0.2, 0.25) is 5.60 Å². The lowest BCUT2D eigenvalue weighted by Gasteiger charge is -2.13. The van der Waals surface area contributed by atoms with E-state index in [1.54, 1.807) is 31.4 Å². The van der Waals surface area contributed by atoms with Crippen LogP contribution in [0.5, 0.6) is 0 Å². The Balaban J connectivity index is 1.81. The van der Waals surface area contributed by atoms with E-state index in [0.717, 1.165) is 16.5 Å². The van der Waals surface area contributed by atoms with Gasteiger partial charge in [0.15, 0.2) is 0 Å². The third-order valence-electron chi connectivity index (χ3n) is 5.40. The van der Waals surface area contributed by atoms with Crippen molar-refractivity contribution < 1.29 is 14.7 Å². The zero-order valence-corrected chi connectivity index (χ0v) is 17.6. The fraction of sp³-hybridized carbons (Fsp3) is 0.304. The van der Waals surface area contributed by atoms with Gasteiger partial charge in [-0.15, -0.1) is 0 Å². The maximum atomic E-state index is 12.2. The molecular weight excluding hydrogens is 394 g/mol. The molecule has 1 fully saturated rings. The maximum Gasteiger partial charge on any atom is 0.267 e. The summed E-state index contributed by atoms with van der Waals surface area (Å²) in [6.45, 7) is 4.46. The van der Waals surface area contributed by atoms with Crippen LogP contribution in [-0.4, -0.2) is 55.8 Å². The highest BCUT2D eigenvalue weighted by atomic mass is 16.3. The van der Waals surface area contributed by atoms with Crippen molar-refractivity contribution in [2.45, 2.75) is 31.9 Å². The first-order valence-corrected chi connectivity index (χ1v) is 9.99. The van der Waals surface area contributed by atoms with Gasteiger partial charge in [-0.05, 0) is 32.0 Å². The Hall–Kier alpha value is -3.70. The normalized spacial score (nSPS) is 18.5. The standard InChI is InChI=1S/C23H23N5O3/c1-14(2)28-19-12-18(21(24)29)26-20(17(19)13-25-28)16-6-4-5-15(11-16)7-8-23(31)9-10-27(3)22(23)30/h4-6,11-14,31H,9-10H2,1-3H3,(H2,24,29). The lowest BCUT2D eigenvalue weighted by atomic mass is 10.0. The number of amides is 2. The molecule has 1 atom stereocenters. The van der Waals surface area contributed by atoms with E-state index in [1.807, 2.05) is 30.7 Å². The molecule has 1 aliphatic rings. The summed E-state index contributed by atoms with van der Waals surface area (Å²) in [7, 11) is 1.64. The molecule has 8 heteroatoms. The number of nitrogens with zero attached hydrogens (tertiary/aromatic N) is 4. The largest absolute Gasteiger partial charge is 0.369 e. The highest BCUT2D eigenvalue weighted by Crippen LogP contribution is 2.29. The predicted molar refractivity (Wildman–Crippen MR) is 116 cm³/mol. The summed E-state index contributed by atoms with van der Waals surface area (Å²) < 4.78 is 1.81. The molecule has 0 spiro atoms. The third kappa shape index (κ3) is 3.64. The van der Waals surface area contributed by atoms with Crippen molar-refractivity contribution in [3.63, 3.8) is 0 Å². The molecule has 1 saturated heterocycles. The molecule has 3 N–H and O–H groups in total. The number of fused-ring (bicyclic) bond motifs is 1. The quantitative estimate of drug-likeness (QED) is 0.630. The second kappa shape index (κ2) is 7.52. The molecule has 1 aromatic carbocycles. The molecule has 0 radical (unpaired) electrons. The molecular formula is C23H23N5O3. The summed E-state index contributed by atoms with van der Waals surface area (Å²) in [6, 6.07) is 8.99. The number of carbonyl (C=O) groups is 2. The molecule has 3 heterocycles. The van der Waals surface area contributed by atoms with E-state index in [1.165, 1.54) is 4.90 Å². The second-order valence-corrected chi connectivity index (χ2v) is 8.00. The number of nitrogens with two attached hydrogens (primary N) is 1. The van der Waals surface area contributed by atoms with Crippen molar-refractivity contribution in [3.8, 4) is 23.1 Å². The fourth-order valence-electron chi connectivity index (χ4n) is 3.69. The summed E-state index contributed by atoms with van der Waals surface area (Å²) in [5, 5.41) is 15.8. The molecule has 2 amide bonds. The van der Waals surface area contributed by atoms with E-state index in [0.29, 0.717) is 17.8 Å². The topological polar surface area (TPSA) is 114 Å². The molecule has 1 unspecified atom stereocenters.